The van der Waals surface area contributed by atoms with Gasteiger partial charge in [-0.1, -0.05) is 53.7 Å². The van der Waals surface area contributed by atoms with Crippen LogP contribution in [0.15, 0.2) is 60.8 Å². The molecule has 0 fully saturated rings. The van der Waals surface area contributed by atoms with Crippen LogP contribution in [-0.4, -0.2) is 32.7 Å². The van der Waals surface area contributed by atoms with Gasteiger partial charge in [0.2, 0.25) is 0 Å². The maximum atomic E-state index is 11.1. The smallest absolute Gasteiger partial charge is 0.267 e. The van der Waals surface area contributed by atoms with Crippen molar-refractivity contribution in [2.45, 2.75) is 25.4 Å². The highest BCUT2D eigenvalue weighted by Gasteiger charge is 2.21. The van der Waals surface area contributed by atoms with Crippen molar-refractivity contribution >= 4 is 12.0 Å². The molecule has 0 saturated carbocycles. The van der Waals surface area contributed by atoms with Crippen LogP contribution in [0.5, 0.6) is 0 Å². The number of hydrogen-bond donors (Lipinski definition) is 3. The summed E-state index contributed by atoms with van der Waals surface area (Å²) in [5.41, 5.74) is 7.09. The molecule has 7 heteroatoms. The summed E-state index contributed by atoms with van der Waals surface area (Å²) in [6.45, 7) is 1.56. The molecule has 2 aromatic carbocycles. The number of benzene rings is 2. The second kappa shape index (κ2) is 8.81. The predicted octanol–water partition coefficient (Wildman–Crippen LogP) is 2.74. The van der Waals surface area contributed by atoms with Crippen molar-refractivity contribution in [3.05, 3.63) is 77.5 Å². The average Bonchev–Trinajstić information content (AvgIpc) is 3.40. The Morgan fingerprint density at radius 1 is 1.24 bits per heavy atom. The first-order valence-electron chi connectivity index (χ1n) is 9.67. The summed E-state index contributed by atoms with van der Waals surface area (Å²) in [7, 11) is 0. The van der Waals surface area contributed by atoms with E-state index < -0.39 is 5.91 Å². The Morgan fingerprint density at radius 2 is 2.10 bits per heavy atom. The summed E-state index contributed by atoms with van der Waals surface area (Å²) in [6, 6.07) is 16.6. The van der Waals surface area contributed by atoms with Gasteiger partial charge in [0.05, 0.1) is 12.7 Å². The maximum Gasteiger partial charge on any atom is 0.267 e. The number of fused-ring (bicyclic) bond motifs is 1. The molecule has 3 N–H and O–H groups in total. The zero-order chi connectivity index (χ0) is 20.1. The Kier molecular flexibility index (Phi) is 5.79. The molecular weight excluding hydrogens is 366 g/mol. The fourth-order valence-corrected chi connectivity index (χ4v) is 3.66. The number of rotatable bonds is 7. The van der Waals surface area contributed by atoms with Gasteiger partial charge in [-0.3, -0.25) is 14.7 Å². The number of carbonyl (C=O) groups excluding carboxylic acids is 1. The summed E-state index contributed by atoms with van der Waals surface area (Å²) < 4.78 is 1.87. The van der Waals surface area contributed by atoms with Crippen LogP contribution in [0.1, 0.15) is 29.2 Å². The van der Waals surface area contributed by atoms with Crippen molar-refractivity contribution in [1.82, 2.24) is 25.8 Å². The Bertz CT molecular complexity index is 1010. The van der Waals surface area contributed by atoms with Gasteiger partial charge in [-0.2, -0.15) is 0 Å². The molecule has 0 radical (unpaired) electrons. The van der Waals surface area contributed by atoms with E-state index in [9.17, 15) is 4.79 Å². The normalized spacial score (nSPS) is 15.6. The van der Waals surface area contributed by atoms with Crippen LogP contribution < -0.4 is 10.8 Å². The Morgan fingerprint density at radius 3 is 2.93 bits per heavy atom. The van der Waals surface area contributed by atoms with E-state index in [1.165, 1.54) is 17.2 Å². The van der Waals surface area contributed by atoms with Crippen molar-refractivity contribution in [2.75, 3.05) is 6.54 Å². The molecule has 7 nitrogen and oxygen atoms in total. The number of aromatic nitrogens is 3. The number of hydrogen-bond acceptors (Lipinski definition) is 5. The van der Waals surface area contributed by atoms with Crippen LogP contribution in [0, 0.1) is 0 Å². The summed E-state index contributed by atoms with van der Waals surface area (Å²) in [6.07, 6.45) is 7.03. The lowest BCUT2D eigenvalue weighted by atomic mass is 10.0. The lowest BCUT2D eigenvalue weighted by Gasteiger charge is -2.14. The Hall–Kier alpha value is -3.29. The minimum Gasteiger partial charge on any atom is -0.308 e. The van der Waals surface area contributed by atoms with Crippen LogP contribution in [0.25, 0.3) is 17.3 Å². The molecule has 1 aromatic heterocycles. The number of aryl methyl sites for hydroxylation is 1. The quantitative estimate of drug-likeness (QED) is 0.328. The zero-order valence-electron chi connectivity index (χ0n) is 16.0. The highest BCUT2D eigenvalue weighted by atomic mass is 16.5. The first-order chi connectivity index (χ1) is 14.2. The third-order valence-electron chi connectivity index (χ3n) is 5.12. The van der Waals surface area contributed by atoms with Gasteiger partial charge < -0.3 is 5.32 Å². The topological polar surface area (TPSA) is 92.1 Å². The third kappa shape index (κ3) is 4.59. The number of amides is 1. The Balaban J connectivity index is 1.33. The molecule has 1 amide bonds. The van der Waals surface area contributed by atoms with E-state index in [-0.39, 0.29) is 0 Å². The van der Waals surface area contributed by atoms with Gasteiger partial charge in [0.15, 0.2) is 0 Å². The fourth-order valence-electron chi connectivity index (χ4n) is 3.66. The minimum absolute atomic E-state index is 0.320. The van der Waals surface area contributed by atoms with E-state index in [2.05, 4.69) is 27.8 Å². The molecule has 148 valence electrons. The molecule has 0 bridgehead atoms. The van der Waals surface area contributed by atoms with E-state index >= 15 is 0 Å². The van der Waals surface area contributed by atoms with E-state index in [0.29, 0.717) is 6.04 Å². The van der Waals surface area contributed by atoms with Crippen LogP contribution in [0.2, 0.25) is 0 Å². The molecule has 1 aliphatic carbocycles. The van der Waals surface area contributed by atoms with E-state index in [1.54, 1.807) is 11.6 Å². The summed E-state index contributed by atoms with van der Waals surface area (Å²) in [5.74, 6) is -0.534. The number of nitrogens with one attached hydrogen (secondary N) is 2. The van der Waals surface area contributed by atoms with E-state index in [0.717, 1.165) is 42.8 Å². The Labute approximate surface area is 169 Å². The monoisotopic (exact) mass is 389 g/mol. The second-order valence-electron chi connectivity index (χ2n) is 7.05. The van der Waals surface area contributed by atoms with Gasteiger partial charge in [0.25, 0.3) is 5.91 Å². The van der Waals surface area contributed by atoms with E-state index in [4.69, 9.17) is 5.21 Å². The number of nitrogens with zero attached hydrogens (tertiary/aromatic N) is 3. The van der Waals surface area contributed by atoms with Crippen molar-refractivity contribution in [2.24, 2.45) is 0 Å². The van der Waals surface area contributed by atoms with Gasteiger partial charge in [-0.15, -0.1) is 5.10 Å². The van der Waals surface area contributed by atoms with Crippen molar-refractivity contribution in [3.63, 3.8) is 0 Å². The average molecular weight is 389 g/mol. The maximum absolute atomic E-state index is 11.1. The van der Waals surface area contributed by atoms with Gasteiger partial charge in [0.1, 0.15) is 5.69 Å². The second-order valence-corrected chi connectivity index (χ2v) is 7.05. The molecular formula is C22H23N5O2. The van der Waals surface area contributed by atoms with Crippen molar-refractivity contribution in [1.29, 1.82) is 0 Å². The van der Waals surface area contributed by atoms with Crippen LogP contribution in [0.4, 0.5) is 0 Å². The van der Waals surface area contributed by atoms with Gasteiger partial charge in [-0.25, -0.2) is 5.48 Å². The molecule has 1 unspecified atom stereocenters. The molecule has 0 aliphatic heterocycles. The molecule has 3 aromatic rings. The lowest BCUT2D eigenvalue weighted by molar-refractivity contribution is -0.124. The molecule has 29 heavy (non-hydrogen) atoms. The van der Waals surface area contributed by atoms with E-state index in [1.807, 2.05) is 47.3 Å². The van der Waals surface area contributed by atoms with Gasteiger partial charge in [0, 0.05) is 24.2 Å². The first kappa shape index (κ1) is 19.0. The number of hydroxylamine groups is 1. The standard InChI is InChI=1S/C22H23N5O2/c28-22(25-29)11-7-16-6-9-19-18(14-16)8-10-20(19)23-12-13-27-15-21(24-26-27)17-4-2-1-3-5-17/h1-7,9,11,14-15,20,23,29H,8,10,12-13H2,(H,25,28). The van der Waals surface area contributed by atoms with Crippen LogP contribution in [-0.2, 0) is 17.8 Å². The first-order valence-corrected chi connectivity index (χ1v) is 9.67. The van der Waals surface area contributed by atoms with Crippen LogP contribution in [0.3, 0.4) is 0 Å². The summed E-state index contributed by atoms with van der Waals surface area (Å²) in [5, 5.41) is 20.6. The van der Waals surface area contributed by atoms with Crippen LogP contribution >= 0.6 is 0 Å². The molecule has 4 rings (SSSR count). The summed E-state index contributed by atoms with van der Waals surface area (Å²) >= 11 is 0. The molecule has 1 atom stereocenters. The summed E-state index contributed by atoms with van der Waals surface area (Å²) in [4.78, 5) is 11.1. The van der Waals surface area contributed by atoms with Crippen molar-refractivity contribution in [3.8, 4) is 11.3 Å². The highest BCUT2D eigenvalue weighted by molar-refractivity contribution is 5.90. The highest BCUT2D eigenvalue weighted by Crippen LogP contribution is 2.31. The molecule has 1 heterocycles. The van der Waals surface area contributed by atoms with Gasteiger partial charge in [-0.05, 0) is 35.6 Å². The minimum atomic E-state index is -0.534. The predicted molar refractivity (Wildman–Crippen MR) is 110 cm³/mol. The van der Waals surface area contributed by atoms with Crippen molar-refractivity contribution < 1.29 is 10.0 Å². The molecule has 0 spiro atoms. The lowest BCUT2D eigenvalue weighted by Crippen LogP contribution is -2.24. The van der Waals surface area contributed by atoms with Gasteiger partial charge >= 0.3 is 0 Å². The zero-order valence-corrected chi connectivity index (χ0v) is 16.0. The fraction of sp³-hybridized carbons (Fsp3) is 0.227. The number of carbonyl (C=O) groups is 1. The molecule has 1 aliphatic rings. The molecule has 0 saturated heterocycles. The SMILES string of the molecule is O=C(C=Cc1ccc2c(c1)CCC2NCCn1cc(-c2ccccc2)nn1)NO. The largest absolute Gasteiger partial charge is 0.308 e. The third-order valence-corrected chi connectivity index (χ3v) is 5.12.